The van der Waals surface area contributed by atoms with Crippen LogP contribution < -0.4 is 0 Å². The van der Waals surface area contributed by atoms with Gasteiger partial charge in [-0.1, -0.05) is 0 Å². The summed E-state index contributed by atoms with van der Waals surface area (Å²) in [7, 11) is 3.78. The minimum atomic E-state index is -1.04. The number of rotatable bonds is 1. The highest BCUT2D eigenvalue weighted by Gasteiger charge is 2.35. The van der Waals surface area contributed by atoms with Gasteiger partial charge in [-0.3, -0.25) is 0 Å². The van der Waals surface area contributed by atoms with Crippen molar-refractivity contribution < 1.29 is 14.9 Å². The third kappa shape index (κ3) is 1.95. The Morgan fingerprint density at radius 3 is 2.42 bits per heavy atom. The molecule has 2 N–H and O–H groups in total. The molecule has 1 fully saturated rings. The van der Waals surface area contributed by atoms with Crippen molar-refractivity contribution in [3.05, 3.63) is 0 Å². The van der Waals surface area contributed by atoms with Crippen LogP contribution in [-0.4, -0.2) is 53.7 Å². The molecule has 0 amide bonds. The van der Waals surface area contributed by atoms with Gasteiger partial charge in [0.1, 0.15) is 6.10 Å². The van der Waals surface area contributed by atoms with Crippen LogP contribution >= 0.6 is 0 Å². The summed E-state index contributed by atoms with van der Waals surface area (Å²) in [4.78, 5) is 1.91. The highest BCUT2D eigenvalue weighted by molar-refractivity contribution is 4.84. The van der Waals surface area contributed by atoms with E-state index in [1.807, 2.05) is 25.9 Å². The first-order valence-corrected chi connectivity index (χ1v) is 4.20. The van der Waals surface area contributed by atoms with E-state index in [9.17, 15) is 10.2 Å². The third-order valence-corrected chi connectivity index (χ3v) is 2.29. The normalized spacial score (nSPS) is 43.5. The van der Waals surface area contributed by atoms with Gasteiger partial charge in [0.2, 0.25) is 0 Å². The van der Waals surface area contributed by atoms with E-state index in [0.29, 0.717) is 0 Å². The van der Waals surface area contributed by atoms with Crippen molar-refractivity contribution in [2.45, 2.75) is 37.9 Å². The molecular formula is C8H17NO3. The van der Waals surface area contributed by atoms with Crippen LogP contribution in [0.1, 0.15) is 13.3 Å². The van der Waals surface area contributed by atoms with E-state index < -0.39 is 12.4 Å². The second-order valence-corrected chi connectivity index (χ2v) is 3.59. The number of hydrogen-bond donors (Lipinski definition) is 2. The van der Waals surface area contributed by atoms with Crippen molar-refractivity contribution in [3.63, 3.8) is 0 Å². The van der Waals surface area contributed by atoms with Crippen LogP contribution in [-0.2, 0) is 4.74 Å². The molecule has 72 valence electrons. The van der Waals surface area contributed by atoms with Gasteiger partial charge in [0, 0.05) is 6.04 Å². The molecule has 0 aromatic carbocycles. The molecule has 0 aromatic rings. The predicted molar refractivity (Wildman–Crippen MR) is 44.7 cm³/mol. The number of hydrogen-bond acceptors (Lipinski definition) is 4. The lowest BCUT2D eigenvalue weighted by atomic mass is 9.99. The van der Waals surface area contributed by atoms with E-state index in [-0.39, 0.29) is 12.1 Å². The number of ether oxygens (including phenoxy) is 1. The lowest BCUT2D eigenvalue weighted by Gasteiger charge is -2.38. The molecule has 0 radical (unpaired) electrons. The number of aliphatic hydroxyl groups is 2. The highest BCUT2D eigenvalue weighted by Crippen LogP contribution is 2.21. The van der Waals surface area contributed by atoms with E-state index >= 15 is 0 Å². The molecule has 0 bridgehead atoms. The maximum absolute atomic E-state index is 9.51. The predicted octanol–water partition coefficient (Wildman–Crippen LogP) is -0.595. The minimum absolute atomic E-state index is 0.01000. The molecule has 4 nitrogen and oxygen atoms in total. The average molecular weight is 175 g/mol. The van der Waals surface area contributed by atoms with Crippen molar-refractivity contribution >= 4 is 0 Å². The standard InChI is InChI=1S/C8H17NO3/c1-5-4-6(9(2)3)7(10)8(11)12-5/h5-8,10-11H,4H2,1-3H3/t5-,6?,7+,8-/m1/s1. The molecule has 12 heavy (non-hydrogen) atoms. The molecule has 1 rings (SSSR count). The van der Waals surface area contributed by atoms with Gasteiger partial charge in [0.05, 0.1) is 6.10 Å². The summed E-state index contributed by atoms with van der Waals surface area (Å²) in [5.41, 5.74) is 0. The first kappa shape index (κ1) is 9.92. The topological polar surface area (TPSA) is 52.9 Å². The summed E-state index contributed by atoms with van der Waals surface area (Å²) >= 11 is 0. The van der Waals surface area contributed by atoms with Gasteiger partial charge in [0.15, 0.2) is 6.29 Å². The van der Waals surface area contributed by atoms with Crippen LogP contribution in [0.25, 0.3) is 0 Å². The molecule has 1 saturated heterocycles. The maximum atomic E-state index is 9.51. The molecule has 1 aliphatic heterocycles. The van der Waals surface area contributed by atoms with Crippen LogP contribution in [0.4, 0.5) is 0 Å². The molecule has 0 aromatic heterocycles. The molecule has 1 unspecified atom stereocenters. The minimum Gasteiger partial charge on any atom is -0.386 e. The van der Waals surface area contributed by atoms with Gasteiger partial charge < -0.3 is 19.8 Å². The van der Waals surface area contributed by atoms with Crippen LogP contribution in [0.5, 0.6) is 0 Å². The molecule has 0 saturated carbocycles. The quantitative estimate of drug-likeness (QED) is 0.559. The summed E-state index contributed by atoms with van der Waals surface area (Å²) in [6.07, 6.45) is -1.07. The first-order chi connectivity index (χ1) is 5.52. The molecule has 1 aliphatic rings. The fourth-order valence-corrected chi connectivity index (χ4v) is 1.56. The summed E-state index contributed by atoms with van der Waals surface area (Å²) in [6, 6.07) is -0.0104. The Morgan fingerprint density at radius 1 is 1.33 bits per heavy atom. The second kappa shape index (κ2) is 3.70. The first-order valence-electron chi connectivity index (χ1n) is 4.20. The SMILES string of the molecule is C[C@@H]1CC(N(C)C)[C@H](O)[C@H](O)O1. The van der Waals surface area contributed by atoms with Gasteiger partial charge in [-0.15, -0.1) is 0 Å². The zero-order valence-corrected chi connectivity index (χ0v) is 7.77. The van der Waals surface area contributed by atoms with Gasteiger partial charge in [0.25, 0.3) is 0 Å². The van der Waals surface area contributed by atoms with E-state index in [1.54, 1.807) is 0 Å². The smallest absolute Gasteiger partial charge is 0.182 e. The lowest BCUT2D eigenvalue weighted by Crippen LogP contribution is -2.53. The monoisotopic (exact) mass is 175 g/mol. The van der Waals surface area contributed by atoms with Crippen molar-refractivity contribution in [2.75, 3.05) is 14.1 Å². The van der Waals surface area contributed by atoms with Crippen LogP contribution in [0.2, 0.25) is 0 Å². The second-order valence-electron chi connectivity index (χ2n) is 3.59. The molecule has 4 heteroatoms. The lowest BCUT2D eigenvalue weighted by molar-refractivity contribution is -0.230. The van der Waals surface area contributed by atoms with Gasteiger partial charge >= 0.3 is 0 Å². The van der Waals surface area contributed by atoms with Crippen molar-refractivity contribution in [1.82, 2.24) is 4.90 Å². The van der Waals surface area contributed by atoms with Crippen molar-refractivity contribution in [2.24, 2.45) is 0 Å². The van der Waals surface area contributed by atoms with Gasteiger partial charge in [-0.2, -0.15) is 0 Å². The number of aliphatic hydroxyl groups excluding tert-OH is 2. The molecule has 4 atom stereocenters. The van der Waals surface area contributed by atoms with Crippen molar-refractivity contribution in [1.29, 1.82) is 0 Å². The number of nitrogens with zero attached hydrogens (tertiary/aromatic N) is 1. The molecular weight excluding hydrogens is 158 g/mol. The van der Waals surface area contributed by atoms with E-state index in [2.05, 4.69) is 0 Å². The van der Waals surface area contributed by atoms with Gasteiger partial charge in [-0.25, -0.2) is 0 Å². The fourth-order valence-electron chi connectivity index (χ4n) is 1.56. The molecule has 1 heterocycles. The maximum Gasteiger partial charge on any atom is 0.182 e. The highest BCUT2D eigenvalue weighted by atomic mass is 16.6. The Balaban J connectivity index is 2.60. The summed E-state index contributed by atoms with van der Waals surface area (Å²) in [5.74, 6) is 0. The molecule has 0 aliphatic carbocycles. The Morgan fingerprint density at radius 2 is 1.92 bits per heavy atom. The van der Waals surface area contributed by atoms with Crippen molar-refractivity contribution in [3.8, 4) is 0 Å². The molecule has 0 spiro atoms. The average Bonchev–Trinajstić information content (AvgIpc) is 1.96. The van der Waals surface area contributed by atoms with Crippen LogP contribution in [0.3, 0.4) is 0 Å². The fraction of sp³-hybridized carbons (Fsp3) is 1.00. The summed E-state index contributed by atoms with van der Waals surface area (Å²) in [5, 5.41) is 18.8. The van der Waals surface area contributed by atoms with Gasteiger partial charge in [-0.05, 0) is 27.4 Å². The van der Waals surface area contributed by atoms with E-state index in [4.69, 9.17) is 4.74 Å². The Kier molecular flexibility index (Phi) is 3.06. The number of likely N-dealkylation sites (N-methyl/N-ethyl adjacent to an activating group) is 1. The zero-order chi connectivity index (χ0) is 9.30. The zero-order valence-electron chi connectivity index (χ0n) is 7.77. The van der Waals surface area contributed by atoms with E-state index in [1.165, 1.54) is 0 Å². The Hall–Kier alpha value is -0.160. The largest absolute Gasteiger partial charge is 0.386 e. The van der Waals surface area contributed by atoms with Crippen LogP contribution in [0, 0.1) is 0 Å². The summed E-state index contributed by atoms with van der Waals surface area (Å²) < 4.78 is 5.06. The van der Waals surface area contributed by atoms with Crippen LogP contribution in [0.15, 0.2) is 0 Å². The summed E-state index contributed by atoms with van der Waals surface area (Å²) in [6.45, 7) is 1.89. The van der Waals surface area contributed by atoms with E-state index in [0.717, 1.165) is 6.42 Å². The Bertz CT molecular complexity index is 151. The Labute approximate surface area is 72.7 Å². The third-order valence-electron chi connectivity index (χ3n) is 2.29.